The summed E-state index contributed by atoms with van der Waals surface area (Å²) in [6.45, 7) is 0.582. The zero-order chi connectivity index (χ0) is 15.1. The van der Waals surface area contributed by atoms with Crippen molar-refractivity contribution in [2.45, 2.75) is 12.6 Å². The molecule has 0 aliphatic carbocycles. The van der Waals surface area contributed by atoms with Gasteiger partial charge in [0.25, 0.3) is 0 Å². The molecule has 1 atom stereocenters. The molecule has 0 radical (unpaired) electrons. The van der Waals surface area contributed by atoms with Crippen LogP contribution in [0.1, 0.15) is 28.6 Å². The average molecular weight is 294 g/mol. The maximum atomic E-state index is 12.4. The number of hydrazine groups is 1. The van der Waals surface area contributed by atoms with Gasteiger partial charge in [0.1, 0.15) is 0 Å². The molecule has 0 bridgehead atoms. The molecule has 0 spiro atoms. The molecular weight excluding hydrogens is 280 g/mol. The SMILES string of the molecule is O=C1OC(N2C(=O)CCN2c2ccccc2)c2ccccc21. The van der Waals surface area contributed by atoms with Crippen molar-refractivity contribution in [1.29, 1.82) is 0 Å². The van der Waals surface area contributed by atoms with Crippen LogP contribution < -0.4 is 5.01 Å². The monoisotopic (exact) mass is 294 g/mol. The molecule has 0 saturated carbocycles. The molecule has 0 N–H and O–H groups in total. The van der Waals surface area contributed by atoms with E-state index in [0.717, 1.165) is 11.3 Å². The van der Waals surface area contributed by atoms with Crippen LogP contribution in [0.2, 0.25) is 0 Å². The Kier molecular flexibility index (Phi) is 2.85. The minimum absolute atomic E-state index is 0.0432. The van der Waals surface area contributed by atoms with Gasteiger partial charge < -0.3 is 4.74 Å². The Balaban J connectivity index is 1.75. The first-order valence-electron chi connectivity index (χ1n) is 7.20. The highest BCUT2D eigenvalue weighted by Crippen LogP contribution is 2.37. The highest BCUT2D eigenvalue weighted by molar-refractivity contribution is 5.95. The third kappa shape index (κ3) is 1.86. The van der Waals surface area contributed by atoms with Crippen LogP contribution in [0.3, 0.4) is 0 Å². The quantitative estimate of drug-likeness (QED) is 0.799. The van der Waals surface area contributed by atoms with E-state index in [0.29, 0.717) is 18.5 Å². The first-order chi connectivity index (χ1) is 10.8. The maximum absolute atomic E-state index is 12.4. The van der Waals surface area contributed by atoms with Crippen molar-refractivity contribution in [1.82, 2.24) is 5.01 Å². The van der Waals surface area contributed by atoms with Crippen LogP contribution in [-0.2, 0) is 9.53 Å². The molecule has 1 unspecified atom stereocenters. The lowest BCUT2D eigenvalue weighted by molar-refractivity contribution is -0.137. The van der Waals surface area contributed by atoms with Crippen LogP contribution >= 0.6 is 0 Å². The number of carbonyl (C=O) groups excluding carboxylic acids is 2. The lowest BCUT2D eigenvalue weighted by atomic mass is 10.1. The molecule has 2 heterocycles. The fourth-order valence-electron chi connectivity index (χ4n) is 2.98. The first kappa shape index (κ1) is 12.9. The average Bonchev–Trinajstić information content (AvgIpc) is 3.09. The molecule has 2 aliphatic heterocycles. The number of anilines is 1. The molecule has 5 heteroatoms. The Labute approximate surface area is 127 Å². The Morgan fingerprint density at radius 3 is 2.50 bits per heavy atom. The number of esters is 1. The van der Waals surface area contributed by atoms with Gasteiger partial charge in [-0.2, -0.15) is 0 Å². The van der Waals surface area contributed by atoms with Crippen LogP contribution in [0.15, 0.2) is 54.6 Å². The summed E-state index contributed by atoms with van der Waals surface area (Å²) in [6, 6.07) is 16.9. The van der Waals surface area contributed by atoms with Crippen molar-refractivity contribution >= 4 is 17.6 Å². The van der Waals surface area contributed by atoms with Crippen LogP contribution in [0.5, 0.6) is 0 Å². The molecule has 2 aromatic carbocycles. The number of rotatable bonds is 2. The normalized spacial score (nSPS) is 20.3. The largest absolute Gasteiger partial charge is 0.432 e. The summed E-state index contributed by atoms with van der Waals surface area (Å²) < 4.78 is 5.46. The predicted octanol–water partition coefficient (Wildman–Crippen LogP) is 2.51. The van der Waals surface area contributed by atoms with Gasteiger partial charge in [0.2, 0.25) is 12.1 Å². The third-order valence-corrected chi connectivity index (χ3v) is 3.99. The van der Waals surface area contributed by atoms with E-state index in [1.54, 1.807) is 17.1 Å². The van der Waals surface area contributed by atoms with E-state index in [9.17, 15) is 9.59 Å². The number of benzene rings is 2. The van der Waals surface area contributed by atoms with Crippen molar-refractivity contribution in [2.75, 3.05) is 11.6 Å². The van der Waals surface area contributed by atoms with Crippen molar-refractivity contribution in [2.24, 2.45) is 0 Å². The number of amides is 1. The molecule has 0 aromatic heterocycles. The number of para-hydroxylation sites is 1. The maximum Gasteiger partial charge on any atom is 0.340 e. The second-order valence-corrected chi connectivity index (χ2v) is 5.29. The molecule has 22 heavy (non-hydrogen) atoms. The molecule has 1 saturated heterocycles. The van der Waals surface area contributed by atoms with Crippen molar-refractivity contribution in [3.63, 3.8) is 0 Å². The number of hydrogen-bond acceptors (Lipinski definition) is 4. The van der Waals surface area contributed by atoms with Crippen molar-refractivity contribution < 1.29 is 14.3 Å². The smallest absolute Gasteiger partial charge is 0.340 e. The van der Waals surface area contributed by atoms with Gasteiger partial charge in [-0.1, -0.05) is 36.4 Å². The van der Waals surface area contributed by atoms with E-state index in [1.807, 2.05) is 47.5 Å². The standard InChI is InChI=1S/C17H14N2O3/c20-15-10-11-18(12-6-2-1-3-7-12)19(15)16-13-8-4-5-9-14(13)17(21)22-16/h1-9,16H,10-11H2. The minimum Gasteiger partial charge on any atom is -0.432 e. The second kappa shape index (κ2) is 4.87. The first-order valence-corrected chi connectivity index (χ1v) is 7.20. The lowest BCUT2D eigenvalue weighted by Crippen LogP contribution is -2.42. The molecule has 1 amide bonds. The number of fused-ring (bicyclic) bond motifs is 1. The van der Waals surface area contributed by atoms with Gasteiger partial charge >= 0.3 is 5.97 Å². The Bertz CT molecular complexity index is 745. The van der Waals surface area contributed by atoms with Crippen molar-refractivity contribution in [3.05, 3.63) is 65.7 Å². The van der Waals surface area contributed by atoms with E-state index >= 15 is 0 Å². The molecule has 4 rings (SSSR count). The van der Waals surface area contributed by atoms with Gasteiger partial charge in [0.05, 0.1) is 11.3 Å². The highest BCUT2D eigenvalue weighted by atomic mass is 16.6. The number of cyclic esters (lactones) is 1. The Morgan fingerprint density at radius 2 is 1.68 bits per heavy atom. The zero-order valence-corrected chi connectivity index (χ0v) is 11.8. The minimum atomic E-state index is -0.682. The van der Waals surface area contributed by atoms with Gasteiger partial charge in [0, 0.05) is 18.5 Å². The van der Waals surface area contributed by atoms with Gasteiger partial charge in [-0.05, 0) is 18.2 Å². The Morgan fingerprint density at radius 1 is 0.955 bits per heavy atom. The summed E-state index contributed by atoms with van der Waals surface area (Å²) >= 11 is 0. The molecule has 5 nitrogen and oxygen atoms in total. The van der Waals surface area contributed by atoms with Crippen LogP contribution in [-0.4, -0.2) is 23.4 Å². The Hall–Kier alpha value is -2.82. The number of nitrogens with zero attached hydrogens (tertiary/aromatic N) is 2. The van der Waals surface area contributed by atoms with Gasteiger partial charge in [-0.15, -0.1) is 0 Å². The summed E-state index contributed by atoms with van der Waals surface area (Å²) in [5.41, 5.74) is 2.18. The van der Waals surface area contributed by atoms with E-state index in [2.05, 4.69) is 0 Å². The van der Waals surface area contributed by atoms with Gasteiger partial charge in [-0.25, -0.2) is 9.80 Å². The summed E-state index contributed by atoms with van der Waals surface area (Å²) in [6.07, 6.45) is -0.274. The van der Waals surface area contributed by atoms with Gasteiger partial charge in [-0.3, -0.25) is 9.80 Å². The molecule has 1 fully saturated rings. The van der Waals surface area contributed by atoms with E-state index in [-0.39, 0.29) is 11.9 Å². The zero-order valence-electron chi connectivity index (χ0n) is 11.8. The number of ether oxygens (including phenoxy) is 1. The van der Waals surface area contributed by atoms with E-state index < -0.39 is 6.23 Å². The molecule has 2 aliphatic rings. The fraction of sp³-hybridized carbons (Fsp3) is 0.176. The summed E-state index contributed by atoms with van der Waals surface area (Å²) in [5, 5.41) is 3.43. The van der Waals surface area contributed by atoms with Crippen molar-refractivity contribution in [3.8, 4) is 0 Å². The van der Waals surface area contributed by atoms with Crippen LogP contribution in [0.4, 0.5) is 5.69 Å². The summed E-state index contributed by atoms with van der Waals surface area (Å²) in [4.78, 5) is 24.4. The fourth-order valence-corrected chi connectivity index (χ4v) is 2.98. The third-order valence-electron chi connectivity index (χ3n) is 3.99. The predicted molar refractivity (Wildman–Crippen MR) is 79.8 cm³/mol. The molecular formula is C17H14N2O3. The number of carbonyl (C=O) groups is 2. The molecule has 110 valence electrons. The summed E-state index contributed by atoms with van der Waals surface area (Å²) in [7, 11) is 0. The molecule has 2 aromatic rings. The highest BCUT2D eigenvalue weighted by Gasteiger charge is 2.43. The number of hydrogen-bond donors (Lipinski definition) is 0. The van der Waals surface area contributed by atoms with Crippen LogP contribution in [0.25, 0.3) is 0 Å². The van der Waals surface area contributed by atoms with Crippen LogP contribution in [0, 0.1) is 0 Å². The van der Waals surface area contributed by atoms with E-state index in [1.165, 1.54) is 0 Å². The lowest BCUT2D eigenvalue weighted by Gasteiger charge is -2.33. The summed E-state index contributed by atoms with van der Waals surface area (Å²) in [5.74, 6) is -0.424. The van der Waals surface area contributed by atoms with Gasteiger partial charge in [0.15, 0.2) is 0 Å². The topological polar surface area (TPSA) is 49.9 Å². The van der Waals surface area contributed by atoms with E-state index in [4.69, 9.17) is 4.74 Å². The second-order valence-electron chi connectivity index (χ2n) is 5.29.